The number of ether oxygens (including phenoxy) is 2. The lowest BCUT2D eigenvalue weighted by atomic mass is 10.1. The molecule has 144 valence electrons. The largest absolute Gasteiger partial charge is 0.454 e. The molecule has 28 heavy (non-hydrogen) atoms. The highest BCUT2D eigenvalue weighted by atomic mass is 16.7. The summed E-state index contributed by atoms with van der Waals surface area (Å²) in [7, 11) is 0. The number of nitrogens with one attached hydrogen (secondary N) is 2. The van der Waals surface area contributed by atoms with Gasteiger partial charge in [-0.25, -0.2) is 4.68 Å². The van der Waals surface area contributed by atoms with Gasteiger partial charge in [0, 0.05) is 19.3 Å². The summed E-state index contributed by atoms with van der Waals surface area (Å²) in [5.41, 5.74) is 1.80. The van der Waals surface area contributed by atoms with Crippen molar-refractivity contribution in [2.75, 3.05) is 25.2 Å². The van der Waals surface area contributed by atoms with Gasteiger partial charge in [0.1, 0.15) is 5.82 Å². The third-order valence-corrected chi connectivity index (χ3v) is 4.16. The minimum Gasteiger partial charge on any atom is -0.454 e. The number of anilines is 1. The molecule has 3 aromatic rings. The summed E-state index contributed by atoms with van der Waals surface area (Å²) < 4.78 is 12.3. The Balaban J connectivity index is 1.20. The highest BCUT2D eigenvalue weighted by Gasteiger charge is 2.14. The van der Waals surface area contributed by atoms with Gasteiger partial charge in [-0.1, -0.05) is 6.07 Å². The Morgan fingerprint density at radius 2 is 2.00 bits per heavy atom. The summed E-state index contributed by atoms with van der Waals surface area (Å²) in [4.78, 5) is 12.1. The predicted molar refractivity (Wildman–Crippen MR) is 102 cm³/mol. The predicted octanol–water partition coefficient (Wildman–Crippen LogP) is 1.47. The molecule has 0 saturated heterocycles. The molecule has 2 N–H and O–H groups in total. The molecular weight excluding hydrogens is 360 g/mol. The Morgan fingerprint density at radius 1 is 1.11 bits per heavy atom. The molecule has 9 nitrogen and oxygen atoms in total. The van der Waals surface area contributed by atoms with Gasteiger partial charge in [0.2, 0.25) is 12.7 Å². The Labute approximate surface area is 161 Å². The summed E-state index contributed by atoms with van der Waals surface area (Å²) in [6, 6.07) is 11.1. The Bertz CT molecular complexity index is 970. The van der Waals surface area contributed by atoms with Gasteiger partial charge in [-0.3, -0.25) is 4.79 Å². The van der Waals surface area contributed by atoms with Crippen molar-refractivity contribution in [3.8, 4) is 17.3 Å². The minimum absolute atomic E-state index is 0.0591. The molecule has 1 aliphatic rings. The number of fused-ring (bicyclic) bond motifs is 1. The number of carbonyl (C=O) groups is 1. The van der Waals surface area contributed by atoms with Crippen molar-refractivity contribution < 1.29 is 14.3 Å². The van der Waals surface area contributed by atoms with Crippen LogP contribution in [0, 0.1) is 6.92 Å². The van der Waals surface area contributed by atoms with Crippen molar-refractivity contribution in [2.45, 2.75) is 13.3 Å². The van der Waals surface area contributed by atoms with Crippen LogP contribution in [-0.4, -0.2) is 45.8 Å². The van der Waals surface area contributed by atoms with Crippen LogP contribution in [0.2, 0.25) is 0 Å². The first-order valence-corrected chi connectivity index (χ1v) is 8.93. The molecule has 0 spiro atoms. The molecule has 1 aromatic carbocycles. The Morgan fingerprint density at radius 3 is 2.79 bits per heavy atom. The first-order chi connectivity index (χ1) is 13.7. The van der Waals surface area contributed by atoms with Crippen molar-refractivity contribution in [1.29, 1.82) is 0 Å². The molecule has 1 aliphatic heterocycles. The van der Waals surface area contributed by atoms with Crippen LogP contribution in [0.15, 0.2) is 42.6 Å². The molecule has 0 aliphatic carbocycles. The van der Waals surface area contributed by atoms with E-state index in [9.17, 15) is 4.79 Å². The maximum atomic E-state index is 12.1. The molecule has 9 heteroatoms. The minimum atomic E-state index is -0.0591. The van der Waals surface area contributed by atoms with Gasteiger partial charge >= 0.3 is 0 Å². The molecule has 3 heterocycles. The van der Waals surface area contributed by atoms with Gasteiger partial charge in [0.15, 0.2) is 17.3 Å². The van der Waals surface area contributed by atoms with Crippen LogP contribution in [0.4, 0.5) is 5.82 Å². The fourth-order valence-corrected chi connectivity index (χ4v) is 2.78. The van der Waals surface area contributed by atoms with E-state index in [4.69, 9.17) is 9.47 Å². The SMILES string of the molecule is Cc1ccn(-c2ccc(NCCNC(=O)Cc3ccc4c(c3)OCO4)nn2)n1. The second-order valence-electron chi connectivity index (χ2n) is 6.32. The van der Waals surface area contributed by atoms with E-state index in [2.05, 4.69) is 25.9 Å². The average Bonchev–Trinajstić information content (AvgIpc) is 3.34. The van der Waals surface area contributed by atoms with Crippen molar-refractivity contribution in [3.05, 3.63) is 53.9 Å². The third kappa shape index (κ3) is 4.20. The highest BCUT2D eigenvalue weighted by Crippen LogP contribution is 2.32. The number of amides is 1. The van der Waals surface area contributed by atoms with Crippen LogP contribution < -0.4 is 20.1 Å². The normalized spacial score (nSPS) is 12.0. The molecule has 2 aromatic heterocycles. The maximum Gasteiger partial charge on any atom is 0.231 e. The highest BCUT2D eigenvalue weighted by molar-refractivity contribution is 5.78. The first kappa shape index (κ1) is 17.8. The van der Waals surface area contributed by atoms with E-state index >= 15 is 0 Å². The van der Waals surface area contributed by atoms with Crippen LogP contribution in [0.25, 0.3) is 5.82 Å². The third-order valence-electron chi connectivity index (χ3n) is 4.16. The monoisotopic (exact) mass is 380 g/mol. The fourth-order valence-electron chi connectivity index (χ4n) is 2.78. The molecule has 0 atom stereocenters. The number of rotatable bonds is 7. The number of carbonyl (C=O) groups excluding carboxylic acids is 1. The van der Waals surface area contributed by atoms with Gasteiger partial charge in [0.25, 0.3) is 0 Å². The molecule has 0 radical (unpaired) electrons. The van der Waals surface area contributed by atoms with Crippen LogP contribution in [-0.2, 0) is 11.2 Å². The number of hydrogen-bond donors (Lipinski definition) is 2. The smallest absolute Gasteiger partial charge is 0.231 e. The molecule has 0 saturated carbocycles. The lowest BCUT2D eigenvalue weighted by Gasteiger charge is -2.08. The van der Waals surface area contributed by atoms with E-state index in [1.807, 2.05) is 49.5 Å². The molecule has 0 unspecified atom stereocenters. The fraction of sp³-hybridized carbons (Fsp3) is 0.263. The van der Waals surface area contributed by atoms with Gasteiger partial charge < -0.3 is 20.1 Å². The quantitative estimate of drug-likeness (QED) is 0.598. The summed E-state index contributed by atoms with van der Waals surface area (Å²) in [6.45, 7) is 3.16. The molecular formula is C19H20N6O3. The van der Waals surface area contributed by atoms with Crippen LogP contribution >= 0.6 is 0 Å². The summed E-state index contributed by atoms with van der Waals surface area (Å²) >= 11 is 0. The van der Waals surface area contributed by atoms with Crippen molar-refractivity contribution in [1.82, 2.24) is 25.3 Å². The molecule has 0 bridgehead atoms. The van der Waals surface area contributed by atoms with Crippen molar-refractivity contribution in [3.63, 3.8) is 0 Å². The van der Waals surface area contributed by atoms with Crippen LogP contribution in [0.1, 0.15) is 11.3 Å². The number of nitrogens with zero attached hydrogens (tertiary/aromatic N) is 4. The van der Waals surface area contributed by atoms with E-state index in [1.165, 1.54) is 0 Å². The van der Waals surface area contributed by atoms with Gasteiger partial charge in [-0.05, 0) is 42.8 Å². The second kappa shape index (κ2) is 7.95. The lowest BCUT2D eigenvalue weighted by Crippen LogP contribution is -2.30. The molecule has 0 fully saturated rings. The zero-order valence-corrected chi connectivity index (χ0v) is 15.4. The summed E-state index contributed by atoms with van der Waals surface area (Å²) in [6.07, 6.45) is 2.12. The topological polar surface area (TPSA) is 103 Å². The van der Waals surface area contributed by atoms with E-state index in [0.717, 1.165) is 11.3 Å². The zero-order valence-electron chi connectivity index (χ0n) is 15.4. The standard InChI is InChI=1S/C19H20N6O3/c1-13-6-9-25(24-13)18-5-4-17(22-23-18)20-7-8-21-19(26)11-14-2-3-15-16(10-14)28-12-27-15/h2-6,9-10H,7-8,11-12H2,1H3,(H,20,22)(H,21,26). The van der Waals surface area contributed by atoms with E-state index < -0.39 is 0 Å². The lowest BCUT2D eigenvalue weighted by molar-refractivity contribution is -0.120. The Kier molecular flexibility index (Phi) is 5.05. The number of benzene rings is 1. The second-order valence-corrected chi connectivity index (χ2v) is 6.32. The summed E-state index contributed by atoms with van der Waals surface area (Å²) in [5, 5.41) is 18.6. The van der Waals surface area contributed by atoms with Crippen molar-refractivity contribution >= 4 is 11.7 Å². The van der Waals surface area contributed by atoms with E-state index in [-0.39, 0.29) is 19.1 Å². The summed E-state index contributed by atoms with van der Waals surface area (Å²) in [5.74, 6) is 2.62. The van der Waals surface area contributed by atoms with E-state index in [1.54, 1.807) is 4.68 Å². The molecule has 4 rings (SSSR count). The molecule has 1 amide bonds. The number of aryl methyl sites for hydroxylation is 1. The van der Waals surface area contributed by atoms with E-state index in [0.29, 0.717) is 36.2 Å². The van der Waals surface area contributed by atoms with Crippen LogP contribution in [0.5, 0.6) is 11.5 Å². The van der Waals surface area contributed by atoms with Gasteiger partial charge in [-0.2, -0.15) is 5.10 Å². The van der Waals surface area contributed by atoms with Crippen LogP contribution in [0.3, 0.4) is 0 Å². The van der Waals surface area contributed by atoms with Gasteiger partial charge in [0.05, 0.1) is 12.1 Å². The van der Waals surface area contributed by atoms with Gasteiger partial charge in [-0.15, -0.1) is 10.2 Å². The number of hydrogen-bond acceptors (Lipinski definition) is 7. The zero-order chi connectivity index (χ0) is 19.3. The maximum absolute atomic E-state index is 12.1. The Hall–Kier alpha value is -3.62. The average molecular weight is 380 g/mol. The van der Waals surface area contributed by atoms with Crippen molar-refractivity contribution in [2.24, 2.45) is 0 Å². The number of aromatic nitrogens is 4. The first-order valence-electron chi connectivity index (χ1n) is 8.93.